The van der Waals surface area contributed by atoms with Gasteiger partial charge < -0.3 is 14.4 Å². The Morgan fingerprint density at radius 3 is 2.83 bits per heavy atom. The maximum Gasteiger partial charge on any atom is 0.159 e. The Bertz CT molecular complexity index is 1320. The molecule has 0 aliphatic rings. The molecule has 29 heavy (non-hydrogen) atoms. The minimum absolute atomic E-state index is 0.520. The van der Waals surface area contributed by atoms with E-state index in [2.05, 4.69) is 35.0 Å². The quantitative estimate of drug-likeness (QED) is 0.493. The zero-order valence-corrected chi connectivity index (χ0v) is 16.1. The van der Waals surface area contributed by atoms with Crippen LogP contribution in [0.25, 0.3) is 22.1 Å². The van der Waals surface area contributed by atoms with Crippen LogP contribution in [-0.4, -0.2) is 29.7 Å². The summed E-state index contributed by atoms with van der Waals surface area (Å²) >= 11 is 0. The lowest BCUT2D eigenvalue weighted by molar-refractivity contribution is 0.391. The Labute approximate surface area is 166 Å². The van der Waals surface area contributed by atoms with Crippen molar-refractivity contribution in [2.45, 2.75) is 26.9 Å². The van der Waals surface area contributed by atoms with Crippen LogP contribution in [0, 0.1) is 13.8 Å². The van der Waals surface area contributed by atoms with E-state index < -0.39 is 0 Å². The molecular weight excluding hydrogens is 366 g/mol. The smallest absolute Gasteiger partial charge is 0.159 e. The van der Waals surface area contributed by atoms with Crippen LogP contribution < -0.4 is 5.32 Å². The maximum absolute atomic E-state index is 5.14. The number of rotatable bonds is 5. The molecule has 0 amide bonds. The second kappa shape index (κ2) is 6.97. The summed E-state index contributed by atoms with van der Waals surface area (Å²) in [5.74, 6) is 2.25. The van der Waals surface area contributed by atoms with Crippen LogP contribution in [0.5, 0.6) is 0 Å². The summed E-state index contributed by atoms with van der Waals surface area (Å²) in [5, 5.41) is 8.43. The van der Waals surface area contributed by atoms with Crippen LogP contribution in [0.4, 0.5) is 5.82 Å². The third kappa shape index (κ3) is 3.40. The second-order valence-corrected chi connectivity index (χ2v) is 6.93. The number of anilines is 1. The van der Waals surface area contributed by atoms with Crippen molar-refractivity contribution < 1.29 is 4.52 Å². The zero-order chi connectivity index (χ0) is 19.8. The highest BCUT2D eigenvalue weighted by Gasteiger charge is 2.13. The Morgan fingerprint density at radius 1 is 1.03 bits per heavy atom. The van der Waals surface area contributed by atoms with E-state index in [-0.39, 0.29) is 0 Å². The monoisotopic (exact) mass is 385 g/mol. The van der Waals surface area contributed by atoms with Gasteiger partial charge in [0.15, 0.2) is 11.5 Å². The summed E-state index contributed by atoms with van der Waals surface area (Å²) in [7, 11) is 0. The van der Waals surface area contributed by atoms with Gasteiger partial charge in [0.1, 0.15) is 22.8 Å². The zero-order valence-electron chi connectivity index (χ0n) is 16.1. The van der Waals surface area contributed by atoms with Crippen LogP contribution in [0.1, 0.15) is 23.0 Å². The summed E-state index contributed by atoms with van der Waals surface area (Å²) in [6.07, 6.45) is 3.77. The number of hydrogen-bond acceptors (Lipinski definition) is 7. The van der Waals surface area contributed by atoms with Crippen LogP contribution in [0.3, 0.4) is 0 Å². The van der Waals surface area contributed by atoms with Gasteiger partial charge in [0.05, 0.1) is 24.3 Å². The average molecular weight is 385 g/mol. The molecule has 0 unspecified atom stereocenters. The van der Waals surface area contributed by atoms with Crippen molar-refractivity contribution in [3.63, 3.8) is 0 Å². The van der Waals surface area contributed by atoms with E-state index in [0.29, 0.717) is 18.9 Å². The molecular formula is C21H19N7O. The SMILES string of the molecule is Cc1nc(NCc2cc(C)on2)c2c(ccn2Cc2ccc3cccnc3n2)n1. The third-order valence-corrected chi connectivity index (χ3v) is 4.69. The highest BCUT2D eigenvalue weighted by molar-refractivity contribution is 5.86. The topological polar surface area (TPSA) is 94.6 Å². The van der Waals surface area contributed by atoms with Gasteiger partial charge in [0.25, 0.3) is 0 Å². The van der Waals surface area contributed by atoms with E-state index in [0.717, 1.165) is 45.0 Å². The normalized spacial score (nSPS) is 11.4. The number of nitrogens with one attached hydrogen (secondary N) is 1. The first-order valence-electron chi connectivity index (χ1n) is 9.36. The van der Waals surface area contributed by atoms with Gasteiger partial charge in [-0.15, -0.1) is 0 Å². The summed E-state index contributed by atoms with van der Waals surface area (Å²) in [5.41, 5.74) is 4.31. The van der Waals surface area contributed by atoms with Gasteiger partial charge in [-0.05, 0) is 44.2 Å². The molecule has 0 bridgehead atoms. The molecule has 8 nitrogen and oxygen atoms in total. The highest BCUT2D eigenvalue weighted by atomic mass is 16.5. The van der Waals surface area contributed by atoms with Crippen molar-refractivity contribution in [3.05, 3.63) is 71.8 Å². The first-order valence-corrected chi connectivity index (χ1v) is 9.36. The van der Waals surface area contributed by atoms with Gasteiger partial charge in [-0.1, -0.05) is 5.16 Å². The molecule has 0 fully saturated rings. The lowest BCUT2D eigenvalue weighted by atomic mass is 10.2. The fourth-order valence-corrected chi connectivity index (χ4v) is 3.41. The molecule has 0 aliphatic carbocycles. The average Bonchev–Trinajstić information content (AvgIpc) is 3.32. The molecule has 0 spiro atoms. The largest absolute Gasteiger partial charge is 0.362 e. The number of fused-ring (bicyclic) bond motifs is 2. The van der Waals surface area contributed by atoms with Crippen molar-refractivity contribution in [3.8, 4) is 0 Å². The van der Waals surface area contributed by atoms with E-state index in [1.165, 1.54) is 0 Å². The summed E-state index contributed by atoms with van der Waals surface area (Å²) in [6, 6.07) is 11.9. The lowest BCUT2D eigenvalue weighted by Gasteiger charge is -2.11. The van der Waals surface area contributed by atoms with E-state index in [4.69, 9.17) is 4.52 Å². The molecule has 5 heterocycles. The van der Waals surface area contributed by atoms with Crippen LogP contribution in [0.2, 0.25) is 0 Å². The molecule has 8 heteroatoms. The Hall–Kier alpha value is -3.81. The molecule has 0 aromatic carbocycles. The van der Waals surface area contributed by atoms with E-state index >= 15 is 0 Å². The first kappa shape index (κ1) is 17.3. The van der Waals surface area contributed by atoms with Crippen molar-refractivity contribution in [2.24, 2.45) is 0 Å². The Kier molecular flexibility index (Phi) is 4.16. The molecule has 0 saturated carbocycles. The molecule has 0 radical (unpaired) electrons. The van der Waals surface area contributed by atoms with Crippen LogP contribution in [0.15, 0.2) is 53.3 Å². The van der Waals surface area contributed by atoms with Crippen molar-refractivity contribution in [2.75, 3.05) is 5.32 Å². The maximum atomic E-state index is 5.14. The van der Waals surface area contributed by atoms with Crippen LogP contribution in [-0.2, 0) is 13.1 Å². The predicted octanol–water partition coefficient (Wildman–Crippen LogP) is 3.64. The molecule has 0 aliphatic heterocycles. The minimum atomic E-state index is 0.520. The highest BCUT2D eigenvalue weighted by Crippen LogP contribution is 2.23. The van der Waals surface area contributed by atoms with Crippen molar-refractivity contribution in [1.29, 1.82) is 0 Å². The molecule has 5 aromatic heterocycles. The Balaban J connectivity index is 1.49. The number of hydrogen-bond donors (Lipinski definition) is 1. The van der Waals surface area contributed by atoms with Gasteiger partial charge in [0.2, 0.25) is 0 Å². The fraction of sp³-hybridized carbons (Fsp3) is 0.190. The third-order valence-electron chi connectivity index (χ3n) is 4.69. The van der Waals surface area contributed by atoms with Crippen LogP contribution >= 0.6 is 0 Å². The van der Waals surface area contributed by atoms with Crippen molar-refractivity contribution >= 4 is 27.9 Å². The summed E-state index contributed by atoms with van der Waals surface area (Å²) in [4.78, 5) is 18.2. The van der Waals surface area contributed by atoms with E-state index in [9.17, 15) is 0 Å². The van der Waals surface area contributed by atoms with E-state index in [1.807, 2.05) is 56.4 Å². The number of aromatic nitrogens is 6. The molecule has 0 saturated heterocycles. The minimum Gasteiger partial charge on any atom is -0.362 e. The molecule has 5 rings (SSSR count). The van der Waals surface area contributed by atoms with Gasteiger partial charge in [-0.25, -0.2) is 19.9 Å². The van der Waals surface area contributed by atoms with E-state index in [1.54, 1.807) is 6.20 Å². The molecule has 1 N–H and O–H groups in total. The number of nitrogens with zero attached hydrogens (tertiary/aromatic N) is 6. The molecule has 144 valence electrons. The second-order valence-electron chi connectivity index (χ2n) is 6.93. The van der Waals surface area contributed by atoms with Gasteiger partial charge in [-0.3, -0.25) is 0 Å². The van der Waals surface area contributed by atoms with Gasteiger partial charge >= 0.3 is 0 Å². The number of aryl methyl sites for hydroxylation is 2. The summed E-state index contributed by atoms with van der Waals surface area (Å²) < 4.78 is 7.24. The Morgan fingerprint density at radius 2 is 1.97 bits per heavy atom. The number of pyridine rings is 2. The lowest BCUT2D eigenvalue weighted by Crippen LogP contribution is -2.08. The molecule has 0 atom stereocenters. The standard InChI is InChI=1S/C21H19N7O/c1-13-10-17(27-29-13)11-23-21-19-18(24-14(2)25-21)7-9-28(19)12-16-6-5-15-4-3-8-22-20(15)26-16/h3-10H,11-12H2,1-2H3,(H,23,24,25). The van der Waals surface area contributed by atoms with Gasteiger partial charge in [0, 0.05) is 23.8 Å². The predicted molar refractivity (Wildman–Crippen MR) is 109 cm³/mol. The molecule has 5 aromatic rings. The summed E-state index contributed by atoms with van der Waals surface area (Å²) in [6.45, 7) is 4.88. The first-order chi connectivity index (χ1) is 14.2. The fourth-order valence-electron chi connectivity index (χ4n) is 3.41. The van der Waals surface area contributed by atoms with Crippen molar-refractivity contribution in [1.82, 2.24) is 29.7 Å². The van der Waals surface area contributed by atoms with Gasteiger partial charge in [-0.2, -0.15) is 0 Å².